The van der Waals surface area contributed by atoms with E-state index in [0.29, 0.717) is 22.7 Å². The van der Waals surface area contributed by atoms with Crippen LogP contribution in [0.3, 0.4) is 0 Å². The van der Waals surface area contributed by atoms with Gasteiger partial charge in [-0.3, -0.25) is 4.98 Å². The van der Waals surface area contributed by atoms with Gasteiger partial charge in [-0.05, 0) is 39.0 Å². The van der Waals surface area contributed by atoms with Crippen LogP contribution in [0.2, 0.25) is 0 Å². The lowest BCUT2D eigenvalue weighted by Gasteiger charge is -2.24. The zero-order chi connectivity index (χ0) is 15.6. The van der Waals surface area contributed by atoms with E-state index in [1.807, 2.05) is 20.8 Å². The van der Waals surface area contributed by atoms with Crippen LogP contribution in [0.5, 0.6) is 5.75 Å². The molecule has 112 valence electrons. The van der Waals surface area contributed by atoms with Crippen LogP contribution in [0, 0.1) is 11.6 Å². The van der Waals surface area contributed by atoms with E-state index in [4.69, 9.17) is 4.74 Å². The number of benzene rings is 1. The SMILES string of the molecule is COc1c(NC(C)(C)C)cc(F)cc1-c1ccc(F)cn1. The van der Waals surface area contributed by atoms with Gasteiger partial charge in [-0.25, -0.2) is 8.78 Å². The zero-order valence-corrected chi connectivity index (χ0v) is 12.5. The summed E-state index contributed by atoms with van der Waals surface area (Å²) in [4.78, 5) is 3.99. The van der Waals surface area contributed by atoms with Gasteiger partial charge < -0.3 is 10.1 Å². The molecule has 2 aromatic rings. The first kappa shape index (κ1) is 15.2. The fourth-order valence-electron chi connectivity index (χ4n) is 2.04. The molecule has 2 rings (SSSR count). The van der Waals surface area contributed by atoms with Gasteiger partial charge in [0.1, 0.15) is 11.6 Å². The van der Waals surface area contributed by atoms with Gasteiger partial charge >= 0.3 is 0 Å². The second-order valence-electron chi connectivity index (χ2n) is 5.77. The maximum absolute atomic E-state index is 13.9. The molecule has 0 spiro atoms. The maximum atomic E-state index is 13.9. The van der Waals surface area contributed by atoms with Crippen molar-refractivity contribution in [3.05, 3.63) is 42.1 Å². The third-order valence-corrected chi connectivity index (χ3v) is 2.77. The molecule has 0 aliphatic heterocycles. The lowest BCUT2D eigenvalue weighted by atomic mass is 10.0. The summed E-state index contributed by atoms with van der Waals surface area (Å²) in [6.45, 7) is 5.90. The zero-order valence-electron chi connectivity index (χ0n) is 12.5. The molecule has 1 heterocycles. The van der Waals surface area contributed by atoms with E-state index in [2.05, 4.69) is 10.3 Å². The Labute approximate surface area is 123 Å². The van der Waals surface area contributed by atoms with Crippen molar-refractivity contribution in [3.8, 4) is 17.0 Å². The second-order valence-corrected chi connectivity index (χ2v) is 5.77. The molecule has 0 bridgehead atoms. The Bertz CT molecular complexity index is 634. The number of aromatic nitrogens is 1. The molecule has 0 amide bonds. The van der Waals surface area contributed by atoms with Crippen LogP contribution in [-0.4, -0.2) is 17.6 Å². The smallest absolute Gasteiger partial charge is 0.151 e. The van der Waals surface area contributed by atoms with E-state index in [1.54, 1.807) is 0 Å². The highest BCUT2D eigenvalue weighted by Crippen LogP contribution is 2.37. The summed E-state index contributed by atoms with van der Waals surface area (Å²) in [5.41, 5.74) is 1.20. The molecule has 0 radical (unpaired) electrons. The topological polar surface area (TPSA) is 34.1 Å². The average molecular weight is 292 g/mol. The molecule has 0 aliphatic rings. The van der Waals surface area contributed by atoms with Crippen LogP contribution >= 0.6 is 0 Å². The number of hydrogen-bond donors (Lipinski definition) is 1. The molecule has 0 fully saturated rings. The number of pyridine rings is 1. The number of nitrogens with one attached hydrogen (secondary N) is 1. The Hall–Kier alpha value is -2.17. The molecule has 1 N–H and O–H groups in total. The van der Waals surface area contributed by atoms with Crippen LogP contribution in [-0.2, 0) is 0 Å². The van der Waals surface area contributed by atoms with Crippen molar-refractivity contribution in [2.75, 3.05) is 12.4 Å². The van der Waals surface area contributed by atoms with E-state index in [1.165, 1.54) is 31.4 Å². The Morgan fingerprint density at radius 1 is 1.10 bits per heavy atom. The average Bonchev–Trinajstić information content (AvgIpc) is 2.37. The number of ether oxygens (including phenoxy) is 1. The van der Waals surface area contributed by atoms with Gasteiger partial charge in [-0.2, -0.15) is 0 Å². The third-order valence-electron chi connectivity index (χ3n) is 2.77. The maximum Gasteiger partial charge on any atom is 0.151 e. The number of anilines is 1. The number of halogens is 2. The summed E-state index contributed by atoms with van der Waals surface area (Å²) in [6.07, 6.45) is 1.09. The predicted octanol–water partition coefficient (Wildman–Crippen LogP) is 4.25. The van der Waals surface area contributed by atoms with Crippen LogP contribution in [0.4, 0.5) is 14.5 Å². The van der Waals surface area contributed by atoms with Crippen molar-refractivity contribution in [3.63, 3.8) is 0 Å². The molecule has 0 atom stereocenters. The quantitative estimate of drug-likeness (QED) is 0.918. The normalized spacial score (nSPS) is 11.3. The monoisotopic (exact) mass is 292 g/mol. The Morgan fingerprint density at radius 3 is 2.33 bits per heavy atom. The standard InChI is InChI=1S/C16H18F2N2O/c1-16(2,3)20-14-8-11(18)7-12(15(14)21-4)13-6-5-10(17)9-19-13/h5-9,20H,1-4H3. The van der Waals surface area contributed by atoms with Crippen molar-refractivity contribution in [2.45, 2.75) is 26.3 Å². The van der Waals surface area contributed by atoms with Gasteiger partial charge in [0.25, 0.3) is 0 Å². The Morgan fingerprint density at radius 2 is 1.81 bits per heavy atom. The second kappa shape index (κ2) is 5.68. The number of rotatable bonds is 3. The van der Waals surface area contributed by atoms with Gasteiger partial charge in [-0.1, -0.05) is 0 Å². The van der Waals surface area contributed by atoms with E-state index in [-0.39, 0.29) is 5.54 Å². The number of hydrogen-bond acceptors (Lipinski definition) is 3. The molecular weight excluding hydrogens is 274 g/mol. The first-order valence-corrected chi connectivity index (χ1v) is 6.58. The molecule has 1 aromatic carbocycles. The van der Waals surface area contributed by atoms with E-state index in [0.717, 1.165) is 6.20 Å². The molecule has 0 unspecified atom stereocenters. The van der Waals surface area contributed by atoms with Crippen LogP contribution in [0.25, 0.3) is 11.3 Å². The van der Waals surface area contributed by atoms with Gasteiger partial charge in [0, 0.05) is 17.2 Å². The highest BCUT2D eigenvalue weighted by Gasteiger charge is 2.18. The summed E-state index contributed by atoms with van der Waals surface area (Å²) in [6, 6.07) is 5.47. The molecule has 3 nitrogen and oxygen atoms in total. The van der Waals surface area contributed by atoms with Crippen molar-refractivity contribution >= 4 is 5.69 Å². The van der Waals surface area contributed by atoms with Crippen LogP contribution in [0.15, 0.2) is 30.5 Å². The third kappa shape index (κ3) is 3.68. The largest absolute Gasteiger partial charge is 0.494 e. The molecular formula is C16H18F2N2O. The van der Waals surface area contributed by atoms with Crippen LogP contribution in [0.1, 0.15) is 20.8 Å². The Kier molecular flexibility index (Phi) is 4.11. The minimum Gasteiger partial charge on any atom is -0.494 e. The summed E-state index contributed by atoms with van der Waals surface area (Å²) < 4.78 is 32.3. The number of methoxy groups -OCH3 is 1. The molecule has 21 heavy (non-hydrogen) atoms. The van der Waals surface area contributed by atoms with Gasteiger partial charge in [-0.15, -0.1) is 0 Å². The fourth-order valence-corrected chi connectivity index (χ4v) is 2.04. The predicted molar refractivity (Wildman–Crippen MR) is 79.5 cm³/mol. The highest BCUT2D eigenvalue weighted by atomic mass is 19.1. The summed E-state index contributed by atoms with van der Waals surface area (Å²) in [7, 11) is 1.51. The van der Waals surface area contributed by atoms with E-state index < -0.39 is 11.6 Å². The molecule has 5 heteroatoms. The fraction of sp³-hybridized carbons (Fsp3) is 0.312. The highest BCUT2D eigenvalue weighted by molar-refractivity contribution is 5.76. The van der Waals surface area contributed by atoms with E-state index in [9.17, 15) is 8.78 Å². The first-order valence-electron chi connectivity index (χ1n) is 6.58. The van der Waals surface area contributed by atoms with Crippen LogP contribution < -0.4 is 10.1 Å². The summed E-state index contributed by atoms with van der Waals surface area (Å²) in [5.74, 6) is -0.378. The number of nitrogens with zero attached hydrogens (tertiary/aromatic N) is 1. The van der Waals surface area contributed by atoms with E-state index >= 15 is 0 Å². The summed E-state index contributed by atoms with van der Waals surface area (Å²) >= 11 is 0. The van der Waals surface area contributed by atoms with Crippen molar-refractivity contribution in [2.24, 2.45) is 0 Å². The lowest BCUT2D eigenvalue weighted by Crippen LogP contribution is -2.26. The molecule has 1 aromatic heterocycles. The van der Waals surface area contributed by atoms with Crippen molar-refractivity contribution in [1.29, 1.82) is 0 Å². The van der Waals surface area contributed by atoms with Gasteiger partial charge in [0.15, 0.2) is 5.75 Å². The minimum absolute atomic E-state index is 0.255. The van der Waals surface area contributed by atoms with Gasteiger partial charge in [0.2, 0.25) is 0 Å². The van der Waals surface area contributed by atoms with Crippen molar-refractivity contribution in [1.82, 2.24) is 4.98 Å². The Balaban J connectivity index is 2.57. The van der Waals surface area contributed by atoms with Crippen molar-refractivity contribution < 1.29 is 13.5 Å². The lowest BCUT2D eigenvalue weighted by molar-refractivity contribution is 0.415. The first-order chi connectivity index (χ1) is 9.80. The van der Waals surface area contributed by atoms with Gasteiger partial charge in [0.05, 0.1) is 24.7 Å². The molecule has 0 saturated heterocycles. The summed E-state index contributed by atoms with van der Waals surface area (Å²) in [5, 5.41) is 3.20. The molecule has 0 aliphatic carbocycles. The molecule has 0 saturated carbocycles. The minimum atomic E-state index is -0.442.